The van der Waals surface area contributed by atoms with Gasteiger partial charge in [0.25, 0.3) is 10.0 Å². The van der Waals surface area contributed by atoms with Crippen LogP contribution in [0.4, 0.5) is 5.69 Å². The number of anilines is 1. The van der Waals surface area contributed by atoms with Gasteiger partial charge in [0.1, 0.15) is 0 Å². The van der Waals surface area contributed by atoms with Gasteiger partial charge in [0.15, 0.2) is 5.03 Å². The molecule has 6 heteroatoms. The van der Waals surface area contributed by atoms with Crippen molar-refractivity contribution < 1.29 is 13.5 Å². The van der Waals surface area contributed by atoms with Crippen molar-refractivity contribution in [3.63, 3.8) is 0 Å². The fourth-order valence-electron chi connectivity index (χ4n) is 1.90. The number of aryl methyl sites for hydroxylation is 2. The highest BCUT2D eigenvalue weighted by Gasteiger charge is 2.15. The van der Waals surface area contributed by atoms with Crippen molar-refractivity contribution in [3.05, 3.63) is 53.2 Å². The molecule has 0 bridgehead atoms. The Labute approximate surface area is 118 Å². The van der Waals surface area contributed by atoms with E-state index in [4.69, 9.17) is 5.11 Å². The summed E-state index contributed by atoms with van der Waals surface area (Å²) in [6.45, 7) is 3.63. The lowest BCUT2D eigenvalue weighted by Gasteiger charge is -2.09. The lowest BCUT2D eigenvalue weighted by atomic mass is 10.1. The fraction of sp³-hybridized carbons (Fsp3) is 0.214. The first-order valence-electron chi connectivity index (χ1n) is 6.07. The summed E-state index contributed by atoms with van der Waals surface area (Å²) in [5.41, 5.74) is 3.03. The fourth-order valence-corrected chi connectivity index (χ4v) is 2.88. The molecule has 0 saturated carbocycles. The summed E-state index contributed by atoms with van der Waals surface area (Å²) in [6, 6.07) is 8.38. The van der Waals surface area contributed by atoms with Crippen LogP contribution in [-0.2, 0) is 16.6 Å². The predicted molar refractivity (Wildman–Crippen MR) is 76.9 cm³/mol. The van der Waals surface area contributed by atoms with E-state index in [1.165, 1.54) is 18.3 Å². The zero-order valence-corrected chi connectivity index (χ0v) is 12.1. The number of rotatable bonds is 4. The molecule has 0 radical (unpaired) electrons. The van der Waals surface area contributed by atoms with Crippen molar-refractivity contribution in [1.29, 1.82) is 0 Å². The Bertz CT molecular complexity index is 689. The van der Waals surface area contributed by atoms with Crippen LogP contribution in [0.1, 0.15) is 16.7 Å². The summed E-state index contributed by atoms with van der Waals surface area (Å²) >= 11 is 0. The van der Waals surface area contributed by atoms with E-state index in [-0.39, 0.29) is 11.6 Å². The smallest absolute Gasteiger partial charge is 0.279 e. The van der Waals surface area contributed by atoms with Crippen LogP contribution in [0.2, 0.25) is 0 Å². The minimum atomic E-state index is -3.71. The molecule has 0 aliphatic carbocycles. The predicted octanol–water partition coefficient (Wildman–Crippen LogP) is 1.99. The number of nitrogens with zero attached hydrogens (tertiary/aromatic N) is 1. The summed E-state index contributed by atoms with van der Waals surface area (Å²) in [5.74, 6) is 0. The van der Waals surface area contributed by atoms with Gasteiger partial charge in [-0.25, -0.2) is 4.98 Å². The number of hydrogen-bond donors (Lipinski definition) is 2. The number of hydrogen-bond acceptors (Lipinski definition) is 4. The van der Waals surface area contributed by atoms with Gasteiger partial charge in [-0.3, -0.25) is 4.72 Å². The SMILES string of the molecule is Cc1cc(C)cc(NS(=O)(=O)c2ccc(CO)cn2)c1. The molecule has 0 aliphatic rings. The van der Waals surface area contributed by atoms with Gasteiger partial charge < -0.3 is 5.11 Å². The van der Waals surface area contributed by atoms with Crippen molar-refractivity contribution >= 4 is 15.7 Å². The molecule has 2 rings (SSSR count). The van der Waals surface area contributed by atoms with E-state index in [2.05, 4.69) is 9.71 Å². The number of aliphatic hydroxyl groups is 1. The quantitative estimate of drug-likeness (QED) is 0.903. The van der Waals surface area contributed by atoms with E-state index in [1.807, 2.05) is 19.9 Å². The molecule has 0 unspecified atom stereocenters. The molecule has 0 atom stereocenters. The van der Waals surface area contributed by atoms with E-state index in [0.717, 1.165) is 11.1 Å². The number of nitrogens with one attached hydrogen (secondary N) is 1. The van der Waals surface area contributed by atoms with Crippen LogP contribution in [0, 0.1) is 13.8 Å². The maximum Gasteiger partial charge on any atom is 0.279 e. The zero-order chi connectivity index (χ0) is 14.8. The van der Waals surface area contributed by atoms with Gasteiger partial charge in [0, 0.05) is 11.9 Å². The number of benzene rings is 1. The van der Waals surface area contributed by atoms with Crippen molar-refractivity contribution in [2.75, 3.05) is 4.72 Å². The summed E-state index contributed by atoms with van der Waals surface area (Å²) in [6.07, 6.45) is 1.34. The van der Waals surface area contributed by atoms with Crippen LogP contribution in [-0.4, -0.2) is 18.5 Å². The highest BCUT2D eigenvalue weighted by Crippen LogP contribution is 2.18. The second-order valence-electron chi connectivity index (χ2n) is 4.64. The molecule has 0 saturated heterocycles. The minimum Gasteiger partial charge on any atom is -0.392 e. The number of sulfonamides is 1. The summed E-state index contributed by atoms with van der Waals surface area (Å²) in [4.78, 5) is 3.85. The zero-order valence-electron chi connectivity index (χ0n) is 11.3. The number of aliphatic hydroxyl groups excluding tert-OH is 1. The maximum absolute atomic E-state index is 12.2. The molecular weight excluding hydrogens is 276 g/mol. The molecule has 20 heavy (non-hydrogen) atoms. The normalized spacial score (nSPS) is 11.3. The molecular formula is C14H16N2O3S. The van der Waals surface area contributed by atoms with Gasteiger partial charge in [-0.15, -0.1) is 0 Å². The monoisotopic (exact) mass is 292 g/mol. The van der Waals surface area contributed by atoms with E-state index < -0.39 is 10.0 Å². The maximum atomic E-state index is 12.2. The molecule has 1 aromatic carbocycles. The van der Waals surface area contributed by atoms with E-state index in [9.17, 15) is 8.42 Å². The largest absolute Gasteiger partial charge is 0.392 e. The third-order valence-electron chi connectivity index (χ3n) is 2.73. The Kier molecular flexibility index (Phi) is 4.06. The first kappa shape index (κ1) is 14.5. The minimum absolute atomic E-state index is 0.0751. The molecule has 0 spiro atoms. The molecule has 2 aromatic rings. The Morgan fingerprint density at radius 2 is 1.80 bits per heavy atom. The third-order valence-corrected chi connectivity index (χ3v) is 4.03. The second kappa shape index (κ2) is 5.60. The molecule has 0 fully saturated rings. The van der Waals surface area contributed by atoms with Crippen LogP contribution in [0.5, 0.6) is 0 Å². The van der Waals surface area contributed by atoms with Crippen LogP contribution < -0.4 is 4.72 Å². The van der Waals surface area contributed by atoms with Crippen LogP contribution in [0.25, 0.3) is 0 Å². The van der Waals surface area contributed by atoms with Crippen LogP contribution >= 0.6 is 0 Å². The van der Waals surface area contributed by atoms with Gasteiger partial charge in [-0.1, -0.05) is 12.1 Å². The van der Waals surface area contributed by atoms with E-state index in [1.54, 1.807) is 12.1 Å². The van der Waals surface area contributed by atoms with Crippen molar-refractivity contribution in [3.8, 4) is 0 Å². The Morgan fingerprint density at radius 1 is 1.15 bits per heavy atom. The molecule has 5 nitrogen and oxygen atoms in total. The van der Waals surface area contributed by atoms with Gasteiger partial charge in [-0.2, -0.15) is 8.42 Å². The van der Waals surface area contributed by atoms with Gasteiger partial charge >= 0.3 is 0 Å². The van der Waals surface area contributed by atoms with Crippen LogP contribution in [0.15, 0.2) is 41.6 Å². The lowest BCUT2D eigenvalue weighted by Crippen LogP contribution is -2.14. The standard InChI is InChI=1S/C14H16N2O3S/c1-10-5-11(2)7-13(6-10)16-20(18,19)14-4-3-12(9-17)8-15-14/h3-8,16-17H,9H2,1-2H3. The summed E-state index contributed by atoms with van der Waals surface area (Å²) in [7, 11) is -3.71. The average Bonchev–Trinajstić information content (AvgIpc) is 2.37. The second-order valence-corrected chi connectivity index (χ2v) is 6.27. The van der Waals surface area contributed by atoms with Crippen molar-refractivity contribution in [2.45, 2.75) is 25.5 Å². The average molecular weight is 292 g/mol. The molecule has 2 N–H and O–H groups in total. The van der Waals surface area contributed by atoms with Gasteiger partial charge in [0.05, 0.1) is 6.61 Å². The Hall–Kier alpha value is -1.92. The lowest BCUT2D eigenvalue weighted by molar-refractivity contribution is 0.281. The van der Waals surface area contributed by atoms with E-state index >= 15 is 0 Å². The highest BCUT2D eigenvalue weighted by atomic mass is 32.2. The highest BCUT2D eigenvalue weighted by molar-refractivity contribution is 7.92. The molecule has 1 heterocycles. The summed E-state index contributed by atoms with van der Waals surface area (Å²) < 4.78 is 26.9. The Morgan fingerprint density at radius 3 is 2.30 bits per heavy atom. The van der Waals surface area contributed by atoms with Crippen LogP contribution in [0.3, 0.4) is 0 Å². The Balaban J connectivity index is 2.30. The first-order chi connectivity index (χ1) is 9.40. The third kappa shape index (κ3) is 3.34. The topological polar surface area (TPSA) is 79.3 Å². The molecule has 1 aromatic heterocycles. The number of aromatic nitrogens is 1. The first-order valence-corrected chi connectivity index (χ1v) is 7.56. The molecule has 106 valence electrons. The van der Waals surface area contributed by atoms with Crippen molar-refractivity contribution in [1.82, 2.24) is 4.98 Å². The molecule has 0 aliphatic heterocycles. The van der Waals surface area contributed by atoms with E-state index in [0.29, 0.717) is 11.3 Å². The van der Waals surface area contributed by atoms with Crippen molar-refractivity contribution in [2.24, 2.45) is 0 Å². The van der Waals surface area contributed by atoms with Gasteiger partial charge in [-0.05, 0) is 48.7 Å². The number of pyridine rings is 1. The summed E-state index contributed by atoms with van der Waals surface area (Å²) in [5, 5.41) is 8.85. The molecule has 0 amide bonds. The van der Waals surface area contributed by atoms with Gasteiger partial charge in [0.2, 0.25) is 0 Å².